The Bertz CT molecular complexity index is 970. The van der Waals surface area contributed by atoms with Crippen LogP contribution in [0.2, 0.25) is 0 Å². The minimum absolute atomic E-state index is 0.0948. The molecule has 1 aromatic carbocycles. The summed E-state index contributed by atoms with van der Waals surface area (Å²) in [5, 5.41) is 21.4. The minimum atomic E-state index is -3.92. The topological polar surface area (TPSA) is 148 Å². The summed E-state index contributed by atoms with van der Waals surface area (Å²) in [4.78, 5) is 26.3. The van der Waals surface area contributed by atoms with Crippen molar-refractivity contribution in [3.63, 3.8) is 0 Å². The molecule has 0 bridgehead atoms. The second-order valence-corrected chi connectivity index (χ2v) is 9.84. The molecule has 2 atom stereocenters. The van der Waals surface area contributed by atoms with Crippen LogP contribution in [0.1, 0.15) is 32.8 Å². The van der Waals surface area contributed by atoms with E-state index >= 15 is 0 Å². The van der Waals surface area contributed by atoms with Gasteiger partial charge in [0, 0.05) is 24.1 Å². The molecule has 3 rings (SSSR count). The van der Waals surface area contributed by atoms with Crippen molar-refractivity contribution in [1.29, 1.82) is 0 Å². The van der Waals surface area contributed by atoms with Gasteiger partial charge >= 0.3 is 6.09 Å². The van der Waals surface area contributed by atoms with Crippen molar-refractivity contribution in [3.05, 3.63) is 33.9 Å². The molecule has 11 heteroatoms. The van der Waals surface area contributed by atoms with E-state index in [0.29, 0.717) is 5.75 Å². The number of fused-ring (bicyclic) bond motifs is 3. The molecule has 2 heterocycles. The van der Waals surface area contributed by atoms with E-state index in [-0.39, 0.29) is 30.1 Å². The lowest BCUT2D eigenvalue weighted by molar-refractivity contribution is -0.385. The maximum atomic E-state index is 13.3. The molecule has 0 fully saturated rings. The van der Waals surface area contributed by atoms with Crippen molar-refractivity contribution in [1.82, 2.24) is 5.32 Å². The first-order valence-corrected chi connectivity index (χ1v) is 9.71. The predicted octanol–water partition coefficient (Wildman–Crippen LogP) is 1.83. The van der Waals surface area contributed by atoms with Gasteiger partial charge in [0.1, 0.15) is 21.9 Å². The monoisotopic (exact) mass is 397 g/mol. The molecule has 146 valence electrons. The first-order chi connectivity index (χ1) is 12.4. The Morgan fingerprint density at radius 3 is 2.67 bits per heavy atom. The zero-order valence-corrected chi connectivity index (χ0v) is 15.7. The molecule has 27 heavy (non-hydrogen) atoms. The number of amides is 1. The summed E-state index contributed by atoms with van der Waals surface area (Å²) in [6.45, 7) is 4.40. The Kier molecular flexibility index (Phi) is 4.18. The van der Waals surface area contributed by atoms with Crippen LogP contribution in [0, 0.1) is 10.1 Å². The Morgan fingerprint density at radius 2 is 2.07 bits per heavy atom. The summed E-state index contributed by atoms with van der Waals surface area (Å²) < 4.78 is 30.7. The number of nitrogens with zero attached hydrogens (tertiary/aromatic N) is 2. The van der Waals surface area contributed by atoms with Crippen LogP contribution in [0.15, 0.2) is 23.2 Å². The van der Waals surface area contributed by atoms with Crippen LogP contribution < -0.4 is 10.1 Å². The number of sulfone groups is 1. The van der Waals surface area contributed by atoms with Crippen LogP contribution in [0.25, 0.3) is 0 Å². The SMILES string of the molecule is CC12N=C(NC(=O)O)C(C)(C)S(=O)(=O)C1CCOc1ccc([N+](=O)[O-])cc12. The summed E-state index contributed by atoms with van der Waals surface area (Å²) in [5.74, 6) is 0.0621. The van der Waals surface area contributed by atoms with Gasteiger partial charge in [0.25, 0.3) is 5.69 Å². The van der Waals surface area contributed by atoms with Crippen LogP contribution in [0.5, 0.6) is 5.75 Å². The highest BCUT2D eigenvalue weighted by atomic mass is 32.2. The number of amidine groups is 1. The molecule has 0 saturated heterocycles. The normalized spacial score (nSPS) is 27.8. The van der Waals surface area contributed by atoms with Crippen LogP contribution in [0.3, 0.4) is 0 Å². The number of carboxylic acid groups (broad SMARTS) is 1. The second kappa shape index (κ2) is 5.91. The summed E-state index contributed by atoms with van der Waals surface area (Å²) in [5.41, 5.74) is -1.43. The number of benzene rings is 1. The molecule has 1 aromatic rings. The highest BCUT2D eigenvalue weighted by Gasteiger charge is 2.58. The Balaban J connectivity index is 2.34. The average molecular weight is 397 g/mol. The lowest BCUT2D eigenvalue weighted by Crippen LogP contribution is -2.61. The number of non-ortho nitro benzene ring substituents is 1. The van der Waals surface area contributed by atoms with Gasteiger partial charge in [-0.25, -0.2) is 13.2 Å². The van der Waals surface area contributed by atoms with Crippen LogP contribution in [0.4, 0.5) is 10.5 Å². The Morgan fingerprint density at radius 1 is 1.41 bits per heavy atom. The Hall–Kier alpha value is -2.69. The van der Waals surface area contributed by atoms with Crippen molar-refractivity contribution >= 4 is 27.5 Å². The molecule has 1 amide bonds. The number of rotatable bonds is 1. The summed E-state index contributed by atoms with van der Waals surface area (Å²) >= 11 is 0. The van der Waals surface area contributed by atoms with Gasteiger partial charge in [-0.2, -0.15) is 0 Å². The predicted molar refractivity (Wildman–Crippen MR) is 95.9 cm³/mol. The van der Waals surface area contributed by atoms with Gasteiger partial charge in [0.05, 0.1) is 16.8 Å². The van der Waals surface area contributed by atoms with E-state index in [0.717, 1.165) is 0 Å². The van der Waals surface area contributed by atoms with E-state index in [2.05, 4.69) is 10.3 Å². The first kappa shape index (κ1) is 19.1. The molecular formula is C16H19N3O7S. The largest absolute Gasteiger partial charge is 0.493 e. The number of ether oxygens (including phenoxy) is 1. The maximum Gasteiger partial charge on any atom is 0.410 e. The van der Waals surface area contributed by atoms with E-state index < -0.39 is 36.4 Å². The molecule has 2 unspecified atom stereocenters. The summed E-state index contributed by atoms with van der Waals surface area (Å²) in [6, 6.07) is 3.92. The van der Waals surface area contributed by atoms with Crippen molar-refractivity contribution in [2.24, 2.45) is 4.99 Å². The molecule has 0 spiro atoms. The summed E-state index contributed by atoms with van der Waals surface area (Å²) in [6.07, 6.45) is -1.32. The van der Waals surface area contributed by atoms with Gasteiger partial charge < -0.3 is 9.84 Å². The van der Waals surface area contributed by atoms with E-state index in [4.69, 9.17) is 9.84 Å². The molecule has 2 N–H and O–H groups in total. The molecule has 0 radical (unpaired) electrons. The maximum absolute atomic E-state index is 13.3. The zero-order chi connectivity index (χ0) is 20.2. The highest BCUT2D eigenvalue weighted by Crippen LogP contribution is 2.48. The highest BCUT2D eigenvalue weighted by molar-refractivity contribution is 7.94. The van der Waals surface area contributed by atoms with E-state index in [1.54, 1.807) is 0 Å². The fourth-order valence-corrected chi connectivity index (χ4v) is 5.88. The van der Waals surface area contributed by atoms with Crippen molar-refractivity contribution < 1.29 is 28.0 Å². The van der Waals surface area contributed by atoms with Gasteiger partial charge in [0.2, 0.25) is 0 Å². The smallest absolute Gasteiger partial charge is 0.410 e. The first-order valence-electron chi connectivity index (χ1n) is 8.16. The van der Waals surface area contributed by atoms with Crippen molar-refractivity contribution in [3.8, 4) is 5.75 Å². The lowest BCUT2D eigenvalue weighted by atomic mass is 9.86. The number of aliphatic imine (C=N–C) groups is 1. The molecule has 0 aliphatic carbocycles. The third-order valence-electron chi connectivity index (χ3n) is 5.21. The third kappa shape index (κ3) is 2.73. The van der Waals surface area contributed by atoms with E-state index in [9.17, 15) is 23.3 Å². The number of nitrogens with one attached hydrogen (secondary N) is 1. The molecule has 2 aliphatic rings. The fourth-order valence-electron chi connectivity index (χ4n) is 3.61. The molecule has 0 aromatic heterocycles. The molecule has 0 saturated carbocycles. The average Bonchev–Trinajstić information content (AvgIpc) is 2.69. The van der Waals surface area contributed by atoms with Gasteiger partial charge in [-0.15, -0.1) is 0 Å². The van der Waals surface area contributed by atoms with Crippen LogP contribution in [-0.2, 0) is 15.4 Å². The van der Waals surface area contributed by atoms with Crippen molar-refractivity contribution in [2.75, 3.05) is 6.61 Å². The lowest BCUT2D eigenvalue weighted by Gasteiger charge is -2.43. The van der Waals surface area contributed by atoms with E-state index in [1.165, 1.54) is 39.0 Å². The van der Waals surface area contributed by atoms with Gasteiger partial charge in [0.15, 0.2) is 9.84 Å². The molecular weight excluding hydrogens is 378 g/mol. The number of hydrogen-bond donors (Lipinski definition) is 2. The van der Waals surface area contributed by atoms with Gasteiger partial charge in [-0.05, 0) is 26.8 Å². The molecule has 10 nitrogen and oxygen atoms in total. The van der Waals surface area contributed by atoms with Gasteiger partial charge in [-0.3, -0.25) is 20.4 Å². The number of carbonyl (C=O) groups is 1. The quantitative estimate of drug-likeness (QED) is 0.542. The van der Waals surface area contributed by atoms with Crippen molar-refractivity contribution in [2.45, 2.75) is 42.7 Å². The number of nitro groups is 1. The Labute approximate surface area is 155 Å². The van der Waals surface area contributed by atoms with Gasteiger partial charge in [-0.1, -0.05) is 0 Å². The zero-order valence-electron chi connectivity index (χ0n) is 14.9. The van der Waals surface area contributed by atoms with E-state index in [1.807, 2.05) is 0 Å². The number of nitro benzene ring substituents is 1. The standard InChI is InChI=1S/C16H19N3O7S/c1-15(2)13(17-14(20)21)18-16(3)10-8-9(19(22)23)4-5-11(10)26-7-6-12(16)27(15,24)25/h4-5,8,12H,6-7H2,1-3H3,(H,17,18)(H,20,21). The summed E-state index contributed by atoms with van der Waals surface area (Å²) in [7, 11) is -3.92. The third-order valence-corrected chi connectivity index (χ3v) is 8.27. The van der Waals surface area contributed by atoms with Crippen LogP contribution in [-0.4, -0.2) is 47.0 Å². The molecule has 2 aliphatic heterocycles. The number of hydrogen-bond acceptors (Lipinski definition) is 7. The fraction of sp³-hybridized carbons (Fsp3) is 0.500. The minimum Gasteiger partial charge on any atom is -0.493 e. The second-order valence-electron chi connectivity index (χ2n) is 7.16. The van der Waals surface area contributed by atoms with Crippen LogP contribution >= 0.6 is 0 Å².